The smallest absolute Gasteiger partial charge is 0.235 e. The molecule has 0 aliphatic carbocycles. The molecule has 0 fully saturated rings. The minimum absolute atomic E-state index is 0.130. The van der Waals surface area contributed by atoms with Gasteiger partial charge >= 0.3 is 0 Å². The number of hydrogen-bond donors (Lipinski definition) is 1. The third-order valence-electron chi connectivity index (χ3n) is 4.02. The Labute approximate surface area is 168 Å². The van der Waals surface area contributed by atoms with E-state index in [0.29, 0.717) is 5.82 Å². The Balaban J connectivity index is 1.51. The molecule has 1 amide bonds. The summed E-state index contributed by atoms with van der Waals surface area (Å²) in [5.74, 6) is 0.483. The van der Waals surface area contributed by atoms with Crippen molar-refractivity contribution >= 4 is 45.0 Å². The number of amides is 1. The fourth-order valence-electron chi connectivity index (χ4n) is 2.73. The summed E-state index contributed by atoms with van der Waals surface area (Å²) in [4.78, 5) is 21.9. The number of nitrogens with zero attached hydrogens (tertiary/aromatic N) is 4. The van der Waals surface area contributed by atoms with E-state index in [1.165, 1.54) is 41.6 Å². The number of thiophene rings is 1. The highest BCUT2D eigenvalue weighted by molar-refractivity contribution is 8.00. The quantitative estimate of drug-likeness (QED) is 0.391. The van der Waals surface area contributed by atoms with Gasteiger partial charge in [-0.2, -0.15) is 5.10 Å². The van der Waals surface area contributed by atoms with E-state index >= 15 is 0 Å². The van der Waals surface area contributed by atoms with Gasteiger partial charge in [-0.05, 0) is 30.7 Å². The van der Waals surface area contributed by atoms with Crippen molar-refractivity contribution in [3.05, 3.63) is 54.2 Å². The fourth-order valence-corrected chi connectivity index (χ4v) is 4.73. The molecule has 6 nitrogen and oxygen atoms in total. The monoisotopic (exact) mass is 413 g/mol. The predicted octanol–water partition coefficient (Wildman–Crippen LogP) is 4.27. The Morgan fingerprint density at radius 2 is 2.04 bits per heavy atom. The maximum Gasteiger partial charge on any atom is 0.235 e. The lowest BCUT2D eigenvalue weighted by atomic mass is 10.2. The number of hydrogen-bond acceptors (Lipinski definition) is 6. The van der Waals surface area contributed by atoms with Gasteiger partial charge in [0, 0.05) is 18.0 Å². The number of rotatable bonds is 5. The Kier molecular flexibility index (Phi) is 5.10. The van der Waals surface area contributed by atoms with Crippen LogP contribution in [0.4, 0.5) is 10.2 Å². The van der Waals surface area contributed by atoms with E-state index in [0.717, 1.165) is 31.4 Å². The highest BCUT2D eigenvalue weighted by Gasteiger charge is 2.13. The maximum absolute atomic E-state index is 13.2. The van der Waals surface area contributed by atoms with Crippen LogP contribution in [0.5, 0.6) is 0 Å². The van der Waals surface area contributed by atoms with Crippen molar-refractivity contribution < 1.29 is 9.18 Å². The molecule has 3 aromatic heterocycles. The third-order valence-corrected chi connectivity index (χ3v) is 6.32. The van der Waals surface area contributed by atoms with Gasteiger partial charge in [-0.25, -0.2) is 14.4 Å². The van der Waals surface area contributed by atoms with Crippen molar-refractivity contribution in [3.8, 4) is 10.4 Å². The van der Waals surface area contributed by atoms with E-state index in [1.54, 1.807) is 23.9 Å². The molecule has 28 heavy (non-hydrogen) atoms. The largest absolute Gasteiger partial charge is 0.310 e. The van der Waals surface area contributed by atoms with Gasteiger partial charge in [-0.3, -0.25) is 9.48 Å². The summed E-state index contributed by atoms with van der Waals surface area (Å²) in [5, 5.41) is 7.81. The zero-order valence-corrected chi connectivity index (χ0v) is 16.8. The van der Waals surface area contributed by atoms with Gasteiger partial charge in [0.15, 0.2) is 0 Å². The molecule has 3 heterocycles. The van der Waals surface area contributed by atoms with E-state index in [9.17, 15) is 9.18 Å². The summed E-state index contributed by atoms with van der Waals surface area (Å²) in [6.07, 6.45) is 1.49. The third kappa shape index (κ3) is 3.90. The van der Waals surface area contributed by atoms with Crippen LogP contribution in [0.2, 0.25) is 0 Å². The molecular formula is C19H16FN5OS2. The van der Waals surface area contributed by atoms with Crippen molar-refractivity contribution in [2.75, 3.05) is 11.1 Å². The number of carbonyl (C=O) groups is 1. The number of halogens is 1. The summed E-state index contributed by atoms with van der Waals surface area (Å²) in [7, 11) is 1.78. The van der Waals surface area contributed by atoms with Crippen molar-refractivity contribution in [3.63, 3.8) is 0 Å². The zero-order valence-electron chi connectivity index (χ0n) is 15.1. The number of fused-ring (bicyclic) bond motifs is 1. The molecule has 0 atom stereocenters. The first kappa shape index (κ1) is 18.6. The molecule has 0 bridgehead atoms. The Bertz CT molecular complexity index is 1150. The van der Waals surface area contributed by atoms with Gasteiger partial charge in [0.2, 0.25) is 5.91 Å². The molecule has 0 radical (unpaired) electrons. The van der Waals surface area contributed by atoms with Crippen LogP contribution in [0.15, 0.2) is 47.8 Å². The predicted molar refractivity (Wildman–Crippen MR) is 110 cm³/mol. The van der Waals surface area contributed by atoms with Crippen molar-refractivity contribution in [1.82, 2.24) is 19.7 Å². The van der Waals surface area contributed by atoms with Gasteiger partial charge in [0.25, 0.3) is 0 Å². The zero-order chi connectivity index (χ0) is 19.7. The highest BCUT2D eigenvalue weighted by Crippen LogP contribution is 2.36. The highest BCUT2D eigenvalue weighted by atomic mass is 32.2. The minimum atomic E-state index is -0.268. The standard InChI is InChI=1S/C19H16FN5OS2/c1-11-7-16(25(2)24-11)23-17(26)9-27-19-18-14(21-10-22-19)8-15(28-18)12-3-5-13(20)6-4-12/h3-8,10H,9H2,1-2H3,(H,23,26). The average molecular weight is 414 g/mol. The van der Waals surface area contributed by atoms with Gasteiger partial charge in [-0.1, -0.05) is 23.9 Å². The number of anilines is 1. The van der Waals surface area contributed by atoms with Crippen LogP contribution >= 0.6 is 23.1 Å². The van der Waals surface area contributed by atoms with E-state index in [2.05, 4.69) is 20.4 Å². The van der Waals surface area contributed by atoms with E-state index in [4.69, 9.17) is 0 Å². The summed E-state index contributed by atoms with van der Waals surface area (Å²) in [6, 6.07) is 10.1. The number of aromatic nitrogens is 4. The molecule has 0 unspecified atom stereocenters. The first-order chi connectivity index (χ1) is 13.5. The van der Waals surface area contributed by atoms with Crippen LogP contribution < -0.4 is 5.32 Å². The lowest BCUT2D eigenvalue weighted by molar-refractivity contribution is -0.113. The van der Waals surface area contributed by atoms with Crippen LogP contribution in [0.3, 0.4) is 0 Å². The fraction of sp³-hybridized carbons (Fsp3) is 0.158. The van der Waals surface area contributed by atoms with E-state index < -0.39 is 0 Å². The second-order valence-electron chi connectivity index (χ2n) is 6.14. The molecule has 0 aliphatic heterocycles. The number of nitrogens with one attached hydrogen (secondary N) is 1. The Morgan fingerprint density at radius 3 is 2.75 bits per heavy atom. The van der Waals surface area contributed by atoms with Crippen LogP contribution in [0, 0.1) is 12.7 Å². The number of benzene rings is 1. The molecular weight excluding hydrogens is 397 g/mol. The number of carbonyl (C=O) groups excluding carboxylic acids is 1. The molecule has 0 spiro atoms. The van der Waals surface area contributed by atoms with Gasteiger partial charge in [0.05, 0.1) is 21.7 Å². The second kappa shape index (κ2) is 7.69. The Hall–Kier alpha value is -2.78. The number of thioether (sulfide) groups is 1. The first-order valence-corrected chi connectivity index (χ1v) is 10.2. The molecule has 4 aromatic rings. The summed E-state index contributed by atoms with van der Waals surface area (Å²) in [5.41, 5.74) is 2.57. The first-order valence-electron chi connectivity index (χ1n) is 8.43. The molecule has 9 heteroatoms. The van der Waals surface area contributed by atoms with Crippen LogP contribution in [0.1, 0.15) is 5.69 Å². The normalized spacial score (nSPS) is 11.1. The number of aryl methyl sites for hydroxylation is 2. The summed E-state index contributed by atoms with van der Waals surface area (Å²) >= 11 is 2.89. The van der Waals surface area contributed by atoms with Crippen LogP contribution in [0.25, 0.3) is 20.7 Å². The molecule has 142 valence electrons. The lowest BCUT2D eigenvalue weighted by Gasteiger charge is -2.05. The lowest BCUT2D eigenvalue weighted by Crippen LogP contribution is -2.16. The van der Waals surface area contributed by atoms with Crippen LogP contribution in [-0.2, 0) is 11.8 Å². The van der Waals surface area contributed by atoms with Crippen molar-refractivity contribution in [2.45, 2.75) is 11.9 Å². The van der Waals surface area contributed by atoms with Gasteiger partial charge in [0.1, 0.15) is 23.0 Å². The topological polar surface area (TPSA) is 72.7 Å². The second-order valence-corrected chi connectivity index (χ2v) is 8.16. The summed E-state index contributed by atoms with van der Waals surface area (Å²) < 4.78 is 15.7. The molecule has 0 saturated heterocycles. The van der Waals surface area contributed by atoms with Gasteiger partial charge < -0.3 is 5.32 Å². The van der Waals surface area contributed by atoms with Gasteiger partial charge in [-0.15, -0.1) is 11.3 Å². The van der Waals surface area contributed by atoms with E-state index in [-0.39, 0.29) is 17.5 Å². The minimum Gasteiger partial charge on any atom is -0.310 e. The summed E-state index contributed by atoms with van der Waals surface area (Å²) in [6.45, 7) is 1.87. The molecule has 1 N–H and O–H groups in total. The SMILES string of the molecule is Cc1cc(NC(=O)CSc2ncnc3cc(-c4ccc(F)cc4)sc23)n(C)n1. The van der Waals surface area contributed by atoms with Crippen LogP contribution in [-0.4, -0.2) is 31.4 Å². The maximum atomic E-state index is 13.2. The van der Waals surface area contributed by atoms with Crippen molar-refractivity contribution in [1.29, 1.82) is 0 Å². The van der Waals surface area contributed by atoms with E-state index in [1.807, 2.05) is 19.1 Å². The van der Waals surface area contributed by atoms with Crippen molar-refractivity contribution in [2.24, 2.45) is 7.05 Å². The molecule has 1 aromatic carbocycles. The average Bonchev–Trinajstić information content (AvgIpc) is 3.23. The molecule has 0 saturated carbocycles. The molecule has 4 rings (SSSR count). The molecule has 0 aliphatic rings. The Morgan fingerprint density at radius 1 is 1.25 bits per heavy atom.